The molecule has 1 saturated heterocycles. The summed E-state index contributed by atoms with van der Waals surface area (Å²) in [6.45, 7) is 7.40. The smallest absolute Gasteiger partial charge is 0.339 e. The van der Waals surface area contributed by atoms with Crippen LogP contribution in [-0.2, 0) is 9.53 Å². The Kier molecular flexibility index (Phi) is 4.49. The Morgan fingerprint density at radius 2 is 1.96 bits per heavy atom. The van der Waals surface area contributed by atoms with E-state index in [0.29, 0.717) is 10.0 Å². The largest absolute Gasteiger partial charge is 0.452 e. The van der Waals surface area contributed by atoms with Crippen molar-refractivity contribution in [2.45, 2.75) is 46.1 Å². The third-order valence-electron chi connectivity index (χ3n) is 5.16. The van der Waals surface area contributed by atoms with Crippen molar-refractivity contribution >= 4 is 27.8 Å². The minimum absolute atomic E-state index is 0.0816. The van der Waals surface area contributed by atoms with Crippen LogP contribution in [0.2, 0.25) is 0 Å². The number of carbonyl (C=O) groups is 2. The lowest BCUT2D eigenvalue weighted by Crippen LogP contribution is -2.39. The zero-order valence-corrected chi connectivity index (χ0v) is 16.1. The summed E-state index contributed by atoms with van der Waals surface area (Å²) in [5.74, 6) is -0.550. The van der Waals surface area contributed by atoms with Gasteiger partial charge >= 0.3 is 5.97 Å². The van der Waals surface area contributed by atoms with E-state index < -0.39 is 5.97 Å². The van der Waals surface area contributed by atoms with Gasteiger partial charge < -0.3 is 9.64 Å². The van der Waals surface area contributed by atoms with E-state index in [1.165, 1.54) is 0 Å². The molecule has 2 aliphatic rings. The monoisotopic (exact) mass is 393 g/mol. The Bertz CT molecular complexity index is 672. The molecule has 1 aliphatic carbocycles. The van der Waals surface area contributed by atoms with Crippen molar-refractivity contribution in [3.05, 3.63) is 34.3 Å². The highest BCUT2D eigenvalue weighted by Crippen LogP contribution is 2.52. The average molecular weight is 394 g/mol. The second-order valence-electron chi connectivity index (χ2n) is 8.29. The standard InChI is InChI=1S/C19H24BrNO3/c1-18(2)8-13-9-19(3,11-18)12-21(13)16(22)10-24-17(23)14-6-4-5-7-15(14)20/h4-7,13H,8-12H2,1-3H3/t13-,19+/m1/s1. The SMILES string of the molecule is CC1(C)C[C@@H]2C[C@](C)(CN2C(=O)COC(=O)c2ccccc2Br)C1. The lowest BCUT2D eigenvalue weighted by Gasteiger charge is -2.39. The lowest BCUT2D eigenvalue weighted by atomic mass is 9.65. The molecule has 5 heteroatoms. The van der Waals surface area contributed by atoms with E-state index in [4.69, 9.17) is 4.74 Å². The molecule has 1 saturated carbocycles. The molecule has 24 heavy (non-hydrogen) atoms. The van der Waals surface area contributed by atoms with Crippen LogP contribution in [-0.4, -0.2) is 36.0 Å². The molecule has 1 aliphatic heterocycles. The van der Waals surface area contributed by atoms with Gasteiger partial charge in [-0.05, 0) is 58.2 Å². The summed E-state index contributed by atoms with van der Waals surface area (Å²) in [6.07, 6.45) is 3.21. The molecule has 1 aromatic carbocycles. The third-order valence-corrected chi connectivity index (χ3v) is 5.85. The summed E-state index contributed by atoms with van der Waals surface area (Å²) in [5, 5.41) is 0. The number of rotatable bonds is 3. The molecule has 2 fully saturated rings. The van der Waals surface area contributed by atoms with Crippen LogP contribution in [0.4, 0.5) is 0 Å². The molecule has 4 nitrogen and oxygen atoms in total. The molecule has 1 heterocycles. The molecule has 2 bridgehead atoms. The van der Waals surface area contributed by atoms with Crippen LogP contribution in [0.5, 0.6) is 0 Å². The summed E-state index contributed by atoms with van der Waals surface area (Å²) >= 11 is 3.33. The molecular weight excluding hydrogens is 370 g/mol. The number of halogens is 1. The normalized spacial score (nSPS) is 27.8. The Morgan fingerprint density at radius 1 is 1.25 bits per heavy atom. The van der Waals surface area contributed by atoms with Gasteiger partial charge in [0.25, 0.3) is 5.91 Å². The average Bonchev–Trinajstić information content (AvgIpc) is 2.74. The lowest BCUT2D eigenvalue weighted by molar-refractivity contribution is -0.135. The van der Waals surface area contributed by atoms with Crippen LogP contribution >= 0.6 is 15.9 Å². The number of ether oxygens (including phenoxy) is 1. The molecule has 3 rings (SSSR count). The van der Waals surface area contributed by atoms with Crippen molar-refractivity contribution in [3.63, 3.8) is 0 Å². The maximum atomic E-state index is 12.6. The Hall–Kier alpha value is -1.36. The van der Waals surface area contributed by atoms with Gasteiger partial charge in [0.05, 0.1) is 5.56 Å². The Balaban J connectivity index is 1.62. The molecule has 2 atom stereocenters. The molecule has 130 valence electrons. The summed E-state index contributed by atoms with van der Waals surface area (Å²) < 4.78 is 5.93. The summed E-state index contributed by atoms with van der Waals surface area (Å²) in [5.41, 5.74) is 0.894. The predicted molar refractivity (Wildman–Crippen MR) is 95.7 cm³/mol. The summed E-state index contributed by atoms with van der Waals surface area (Å²) in [6, 6.07) is 7.34. The number of carbonyl (C=O) groups excluding carboxylic acids is 2. The number of esters is 1. The van der Waals surface area contributed by atoms with Crippen molar-refractivity contribution in [2.24, 2.45) is 10.8 Å². The summed E-state index contributed by atoms with van der Waals surface area (Å²) in [4.78, 5) is 26.7. The first kappa shape index (κ1) is 17.5. The second kappa shape index (κ2) is 6.17. The number of amides is 1. The number of hydrogen-bond donors (Lipinski definition) is 0. The number of hydrogen-bond acceptors (Lipinski definition) is 3. The molecular formula is C19H24BrNO3. The molecule has 0 aromatic heterocycles. The van der Waals surface area contributed by atoms with Crippen molar-refractivity contribution < 1.29 is 14.3 Å². The van der Waals surface area contributed by atoms with Crippen LogP contribution in [0.3, 0.4) is 0 Å². The molecule has 1 amide bonds. The van der Waals surface area contributed by atoms with Crippen LogP contribution < -0.4 is 0 Å². The van der Waals surface area contributed by atoms with Gasteiger partial charge in [-0.15, -0.1) is 0 Å². The van der Waals surface area contributed by atoms with Gasteiger partial charge in [0.15, 0.2) is 6.61 Å². The van der Waals surface area contributed by atoms with Crippen LogP contribution in [0, 0.1) is 10.8 Å². The van der Waals surface area contributed by atoms with Gasteiger partial charge in [-0.25, -0.2) is 4.79 Å². The second-order valence-corrected chi connectivity index (χ2v) is 9.15. The molecule has 0 N–H and O–H groups in total. The highest BCUT2D eigenvalue weighted by molar-refractivity contribution is 9.10. The van der Waals surface area contributed by atoms with Crippen LogP contribution in [0.15, 0.2) is 28.7 Å². The fourth-order valence-corrected chi connectivity index (χ4v) is 5.11. The van der Waals surface area contributed by atoms with E-state index in [1.807, 2.05) is 11.0 Å². The molecule has 0 unspecified atom stereocenters. The van der Waals surface area contributed by atoms with Crippen LogP contribution in [0.25, 0.3) is 0 Å². The van der Waals surface area contributed by atoms with Gasteiger partial charge in [-0.2, -0.15) is 0 Å². The number of fused-ring (bicyclic) bond motifs is 2. The van der Waals surface area contributed by atoms with E-state index in [9.17, 15) is 9.59 Å². The minimum atomic E-state index is -0.468. The van der Waals surface area contributed by atoms with Crippen LogP contribution in [0.1, 0.15) is 50.4 Å². The van der Waals surface area contributed by atoms with Crippen molar-refractivity contribution in [1.82, 2.24) is 4.90 Å². The Morgan fingerprint density at radius 3 is 2.67 bits per heavy atom. The fraction of sp³-hybridized carbons (Fsp3) is 0.579. The zero-order valence-electron chi connectivity index (χ0n) is 14.5. The van der Waals surface area contributed by atoms with E-state index in [0.717, 1.165) is 25.8 Å². The van der Waals surface area contributed by atoms with E-state index in [1.54, 1.807) is 18.2 Å². The van der Waals surface area contributed by atoms with Gasteiger partial charge in [0.1, 0.15) is 0 Å². The maximum Gasteiger partial charge on any atom is 0.339 e. The van der Waals surface area contributed by atoms with E-state index in [-0.39, 0.29) is 29.4 Å². The first-order valence-electron chi connectivity index (χ1n) is 8.40. The summed E-state index contributed by atoms with van der Waals surface area (Å²) in [7, 11) is 0. The minimum Gasteiger partial charge on any atom is -0.452 e. The van der Waals surface area contributed by atoms with Gasteiger partial charge in [-0.1, -0.05) is 32.9 Å². The molecule has 0 radical (unpaired) electrons. The number of benzene rings is 1. The third kappa shape index (κ3) is 3.51. The number of nitrogens with zero attached hydrogens (tertiary/aromatic N) is 1. The van der Waals surface area contributed by atoms with E-state index in [2.05, 4.69) is 36.7 Å². The first-order chi connectivity index (χ1) is 11.2. The Labute approximate surface area is 151 Å². The van der Waals surface area contributed by atoms with Crippen molar-refractivity contribution in [1.29, 1.82) is 0 Å². The quantitative estimate of drug-likeness (QED) is 0.728. The molecule has 0 spiro atoms. The van der Waals surface area contributed by atoms with E-state index >= 15 is 0 Å². The van der Waals surface area contributed by atoms with Gasteiger partial charge in [0, 0.05) is 17.1 Å². The van der Waals surface area contributed by atoms with Crippen molar-refractivity contribution in [3.8, 4) is 0 Å². The highest BCUT2D eigenvalue weighted by Gasteiger charge is 2.50. The fourth-order valence-electron chi connectivity index (χ4n) is 4.67. The number of likely N-dealkylation sites (tertiary alicyclic amines) is 1. The topological polar surface area (TPSA) is 46.6 Å². The molecule has 1 aromatic rings. The highest BCUT2D eigenvalue weighted by atomic mass is 79.9. The van der Waals surface area contributed by atoms with Gasteiger partial charge in [-0.3, -0.25) is 4.79 Å². The first-order valence-corrected chi connectivity index (χ1v) is 9.20. The van der Waals surface area contributed by atoms with Gasteiger partial charge in [0.2, 0.25) is 0 Å². The zero-order chi connectivity index (χ0) is 17.5. The maximum absolute atomic E-state index is 12.6. The predicted octanol–water partition coefficient (Wildman–Crippen LogP) is 4.03. The van der Waals surface area contributed by atoms with Crippen molar-refractivity contribution in [2.75, 3.05) is 13.2 Å².